The quantitative estimate of drug-likeness (QED) is 0.793. The number of rotatable bonds is 3. The Morgan fingerprint density at radius 1 is 1.19 bits per heavy atom. The lowest BCUT2D eigenvalue weighted by atomic mass is 9.96. The van der Waals surface area contributed by atoms with E-state index in [0.717, 1.165) is 25.7 Å². The van der Waals surface area contributed by atoms with Gasteiger partial charge in [0.15, 0.2) is 9.84 Å². The molecule has 8 heteroatoms. The first kappa shape index (κ1) is 16.1. The molecule has 2 aliphatic rings. The molecule has 1 aliphatic carbocycles. The zero-order valence-corrected chi connectivity index (χ0v) is 12.8. The normalized spacial score (nSPS) is 26.3. The highest BCUT2D eigenvalue weighted by Gasteiger charge is 2.36. The van der Waals surface area contributed by atoms with Crippen molar-refractivity contribution in [3.8, 4) is 0 Å². The first-order chi connectivity index (χ1) is 9.87. The molecule has 0 aromatic heterocycles. The topological polar surface area (TPSA) is 104 Å². The summed E-state index contributed by atoms with van der Waals surface area (Å²) in [5.74, 6) is -1.45. The lowest BCUT2D eigenvalue weighted by Gasteiger charge is -2.36. The van der Waals surface area contributed by atoms with E-state index >= 15 is 0 Å². The number of nitrogens with one attached hydrogen (secondary N) is 1. The minimum Gasteiger partial charge on any atom is -0.481 e. The van der Waals surface area contributed by atoms with Gasteiger partial charge in [-0.05, 0) is 12.8 Å². The summed E-state index contributed by atoms with van der Waals surface area (Å²) in [5, 5.41) is 11.8. The number of amides is 2. The molecule has 2 fully saturated rings. The van der Waals surface area contributed by atoms with E-state index < -0.39 is 21.8 Å². The van der Waals surface area contributed by atoms with Gasteiger partial charge in [-0.2, -0.15) is 0 Å². The van der Waals surface area contributed by atoms with Gasteiger partial charge in [-0.15, -0.1) is 0 Å². The number of sulfone groups is 1. The van der Waals surface area contributed by atoms with Crippen LogP contribution in [0.3, 0.4) is 0 Å². The van der Waals surface area contributed by atoms with Crippen LogP contribution in [-0.4, -0.2) is 60.6 Å². The first-order valence-corrected chi connectivity index (χ1v) is 9.19. The van der Waals surface area contributed by atoms with E-state index in [9.17, 15) is 18.0 Å². The van der Waals surface area contributed by atoms with Crippen molar-refractivity contribution >= 4 is 21.8 Å². The molecule has 0 spiro atoms. The van der Waals surface area contributed by atoms with Gasteiger partial charge in [0.05, 0.1) is 24.0 Å². The number of nitrogens with zero attached hydrogens (tertiary/aromatic N) is 1. The highest BCUT2D eigenvalue weighted by Crippen LogP contribution is 2.19. The highest BCUT2D eigenvalue weighted by molar-refractivity contribution is 7.91. The second kappa shape index (κ2) is 6.64. The SMILES string of the molecule is O=C(O)CC1CS(=O)(=O)CCN1C(=O)NC1CCCCC1. The fraction of sp³-hybridized carbons (Fsp3) is 0.846. The fourth-order valence-corrected chi connectivity index (χ4v) is 4.55. The molecule has 2 amide bonds. The van der Waals surface area contributed by atoms with E-state index in [1.165, 1.54) is 11.3 Å². The van der Waals surface area contributed by atoms with E-state index in [1.807, 2.05) is 0 Å². The summed E-state index contributed by atoms with van der Waals surface area (Å²) in [5.41, 5.74) is 0. The Labute approximate surface area is 124 Å². The molecule has 0 aromatic rings. The zero-order chi connectivity index (χ0) is 15.5. The molecule has 1 heterocycles. The third kappa shape index (κ3) is 4.59. The van der Waals surface area contributed by atoms with Gasteiger partial charge in [0, 0.05) is 12.6 Å². The number of hydrogen-bond donors (Lipinski definition) is 2. The van der Waals surface area contributed by atoms with Crippen molar-refractivity contribution in [1.82, 2.24) is 10.2 Å². The van der Waals surface area contributed by atoms with Crippen LogP contribution in [0.25, 0.3) is 0 Å². The number of carboxylic acid groups (broad SMARTS) is 1. The zero-order valence-electron chi connectivity index (χ0n) is 12.0. The highest BCUT2D eigenvalue weighted by atomic mass is 32.2. The van der Waals surface area contributed by atoms with Gasteiger partial charge in [0.2, 0.25) is 0 Å². The van der Waals surface area contributed by atoms with Crippen LogP contribution in [0, 0.1) is 0 Å². The molecule has 1 atom stereocenters. The van der Waals surface area contributed by atoms with Crippen LogP contribution in [0.2, 0.25) is 0 Å². The van der Waals surface area contributed by atoms with Gasteiger partial charge in [-0.3, -0.25) is 4.79 Å². The molecule has 2 N–H and O–H groups in total. The van der Waals surface area contributed by atoms with Crippen molar-refractivity contribution in [2.75, 3.05) is 18.1 Å². The summed E-state index contributed by atoms with van der Waals surface area (Å²) in [6.07, 6.45) is 4.87. The number of carbonyl (C=O) groups excluding carboxylic acids is 1. The number of hydrogen-bond acceptors (Lipinski definition) is 4. The van der Waals surface area contributed by atoms with Crippen LogP contribution in [-0.2, 0) is 14.6 Å². The Bertz CT molecular complexity index is 499. The summed E-state index contributed by atoms with van der Waals surface area (Å²) >= 11 is 0. The molecular formula is C13H22N2O5S. The van der Waals surface area contributed by atoms with E-state index in [2.05, 4.69) is 5.32 Å². The summed E-state index contributed by atoms with van der Waals surface area (Å²) < 4.78 is 23.3. The van der Waals surface area contributed by atoms with Gasteiger partial charge in [0.25, 0.3) is 0 Å². The van der Waals surface area contributed by atoms with E-state index in [-0.39, 0.29) is 36.5 Å². The molecule has 1 aliphatic heterocycles. The standard InChI is InChI=1S/C13H22N2O5S/c16-12(17)8-11-9-21(19,20)7-6-15(11)13(18)14-10-4-2-1-3-5-10/h10-11H,1-9H2,(H,14,18)(H,16,17). The molecule has 1 saturated carbocycles. The van der Waals surface area contributed by atoms with Gasteiger partial charge < -0.3 is 15.3 Å². The molecular weight excluding hydrogens is 296 g/mol. The van der Waals surface area contributed by atoms with Crippen LogP contribution in [0.4, 0.5) is 4.79 Å². The van der Waals surface area contributed by atoms with E-state index in [4.69, 9.17) is 5.11 Å². The lowest BCUT2D eigenvalue weighted by molar-refractivity contribution is -0.138. The van der Waals surface area contributed by atoms with Gasteiger partial charge in [-0.25, -0.2) is 13.2 Å². The maximum absolute atomic E-state index is 12.3. The Hall–Kier alpha value is -1.31. The molecule has 0 radical (unpaired) electrons. The molecule has 7 nitrogen and oxygen atoms in total. The molecule has 2 rings (SSSR count). The molecule has 1 unspecified atom stereocenters. The van der Waals surface area contributed by atoms with Crippen molar-refractivity contribution in [2.24, 2.45) is 0 Å². The van der Waals surface area contributed by atoms with Crippen molar-refractivity contribution in [1.29, 1.82) is 0 Å². The van der Waals surface area contributed by atoms with E-state index in [1.54, 1.807) is 0 Å². The largest absolute Gasteiger partial charge is 0.481 e. The second-order valence-electron chi connectivity index (χ2n) is 5.84. The Balaban J connectivity index is 2.00. The van der Waals surface area contributed by atoms with Crippen LogP contribution >= 0.6 is 0 Å². The van der Waals surface area contributed by atoms with Crippen molar-refractivity contribution in [3.63, 3.8) is 0 Å². The third-order valence-electron chi connectivity index (χ3n) is 4.13. The maximum atomic E-state index is 12.3. The second-order valence-corrected chi connectivity index (χ2v) is 8.07. The predicted molar refractivity (Wildman–Crippen MR) is 76.8 cm³/mol. The van der Waals surface area contributed by atoms with Gasteiger partial charge in [0.1, 0.15) is 0 Å². The van der Waals surface area contributed by atoms with Gasteiger partial charge >= 0.3 is 12.0 Å². The van der Waals surface area contributed by atoms with Crippen LogP contribution < -0.4 is 5.32 Å². The van der Waals surface area contributed by atoms with Crippen molar-refractivity contribution in [3.05, 3.63) is 0 Å². The minimum absolute atomic E-state index is 0.0683. The smallest absolute Gasteiger partial charge is 0.317 e. The van der Waals surface area contributed by atoms with Crippen LogP contribution in [0.5, 0.6) is 0 Å². The predicted octanol–water partition coefficient (Wildman–Crippen LogP) is 0.602. The van der Waals surface area contributed by atoms with Crippen LogP contribution in [0.1, 0.15) is 38.5 Å². The molecule has 0 bridgehead atoms. The molecule has 1 saturated heterocycles. The third-order valence-corrected chi connectivity index (χ3v) is 5.83. The summed E-state index contributed by atoms with van der Waals surface area (Å²) in [6.45, 7) is 0.0683. The fourth-order valence-electron chi connectivity index (χ4n) is 3.03. The lowest BCUT2D eigenvalue weighted by Crippen LogP contribution is -2.56. The van der Waals surface area contributed by atoms with Gasteiger partial charge in [-0.1, -0.05) is 19.3 Å². The molecule has 120 valence electrons. The van der Waals surface area contributed by atoms with E-state index in [0.29, 0.717) is 0 Å². The Morgan fingerprint density at radius 2 is 1.86 bits per heavy atom. The number of carboxylic acids is 1. The van der Waals surface area contributed by atoms with Crippen molar-refractivity contribution < 1.29 is 23.1 Å². The Morgan fingerprint density at radius 3 is 2.48 bits per heavy atom. The monoisotopic (exact) mass is 318 g/mol. The number of aliphatic carboxylic acids is 1. The van der Waals surface area contributed by atoms with Crippen molar-refractivity contribution in [2.45, 2.75) is 50.6 Å². The average Bonchev–Trinajstić information content (AvgIpc) is 2.38. The summed E-state index contributed by atoms with van der Waals surface area (Å²) in [6, 6.07) is -0.983. The summed E-state index contributed by atoms with van der Waals surface area (Å²) in [7, 11) is -3.26. The first-order valence-electron chi connectivity index (χ1n) is 7.37. The maximum Gasteiger partial charge on any atom is 0.317 e. The minimum atomic E-state index is -3.26. The van der Waals surface area contributed by atoms with Crippen LogP contribution in [0.15, 0.2) is 0 Å². The number of carbonyl (C=O) groups is 2. The number of urea groups is 1. The summed E-state index contributed by atoms with van der Waals surface area (Å²) in [4.78, 5) is 24.6. The average molecular weight is 318 g/mol. The molecule has 0 aromatic carbocycles. The molecule has 21 heavy (non-hydrogen) atoms. The Kier molecular flexibility index (Phi) is 5.08.